The molecule has 2 aromatic heterocycles. The van der Waals surface area contributed by atoms with Crippen LogP contribution in [0.5, 0.6) is 0 Å². The number of rotatable bonds is 3. The maximum Gasteiger partial charge on any atom is 0.276 e. The molecule has 31 heavy (non-hydrogen) atoms. The van der Waals surface area contributed by atoms with Crippen LogP contribution in [-0.2, 0) is 0 Å². The molecule has 5 rings (SSSR count). The zero-order valence-corrected chi connectivity index (χ0v) is 18.4. The number of fused-ring (bicyclic) bond motifs is 3. The Bertz CT molecular complexity index is 1200. The minimum atomic E-state index is -0.580. The zero-order chi connectivity index (χ0) is 21.7. The summed E-state index contributed by atoms with van der Waals surface area (Å²) in [6.45, 7) is 3.97. The first-order chi connectivity index (χ1) is 15.0. The van der Waals surface area contributed by atoms with Crippen LogP contribution in [0, 0.1) is 24.0 Å². The fourth-order valence-electron chi connectivity index (χ4n) is 5.02. The Morgan fingerprint density at radius 2 is 1.94 bits per heavy atom. The Morgan fingerprint density at radius 1 is 1.19 bits per heavy atom. The molecule has 1 atom stereocenters. The number of amides is 1. The largest absolute Gasteiger partial charge is 0.359 e. The standard InChI is InChI=1S/C23H24N4O3S/c1-13-12-14(2)24-22-18(13)19-20(31-22)23(28)26(15-8-4-3-5-9-15)21(25-19)16-10-6-7-11-17(16)27(29)30/h6-7,10-12,15,21,25H,3-5,8-9H2,1-2H3/t21-/m1/s1. The highest BCUT2D eigenvalue weighted by atomic mass is 32.1. The fourth-order valence-corrected chi connectivity index (χ4v) is 6.22. The molecule has 0 unspecified atom stereocenters. The van der Waals surface area contributed by atoms with Crippen molar-refractivity contribution in [2.24, 2.45) is 0 Å². The summed E-state index contributed by atoms with van der Waals surface area (Å²) >= 11 is 1.41. The highest BCUT2D eigenvalue weighted by molar-refractivity contribution is 7.21. The molecule has 160 valence electrons. The predicted molar refractivity (Wildman–Crippen MR) is 122 cm³/mol. The minimum Gasteiger partial charge on any atom is -0.359 e. The van der Waals surface area contributed by atoms with Gasteiger partial charge in [0.25, 0.3) is 11.6 Å². The fraction of sp³-hybridized carbons (Fsp3) is 0.391. The lowest BCUT2D eigenvalue weighted by molar-refractivity contribution is -0.385. The van der Waals surface area contributed by atoms with Crippen molar-refractivity contribution >= 4 is 38.8 Å². The Kier molecular flexibility index (Phi) is 4.89. The smallest absolute Gasteiger partial charge is 0.276 e. The Balaban J connectivity index is 1.71. The van der Waals surface area contributed by atoms with Crippen LogP contribution in [0.1, 0.15) is 64.8 Å². The molecule has 1 aliphatic heterocycles. The zero-order valence-electron chi connectivity index (χ0n) is 17.6. The number of anilines is 1. The molecule has 1 N–H and O–H groups in total. The summed E-state index contributed by atoms with van der Waals surface area (Å²) in [4.78, 5) is 33.3. The van der Waals surface area contributed by atoms with Crippen molar-refractivity contribution in [2.45, 2.75) is 58.2 Å². The monoisotopic (exact) mass is 436 g/mol. The van der Waals surface area contributed by atoms with Gasteiger partial charge in [0.05, 0.1) is 16.2 Å². The first kappa shape index (κ1) is 19.9. The number of hydrogen-bond acceptors (Lipinski definition) is 6. The number of thiophene rings is 1. The molecule has 3 aromatic rings. The van der Waals surface area contributed by atoms with E-state index in [1.54, 1.807) is 18.2 Å². The van der Waals surface area contributed by atoms with Crippen molar-refractivity contribution in [1.82, 2.24) is 9.88 Å². The molecule has 1 aliphatic carbocycles. The molecule has 0 saturated heterocycles. The molecule has 0 spiro atoms. The summed E-state index contributed by atoms with van der Waals surface area (Å²) in [7, 11) is 0. The molecule has 1 saturated carbocycles. The number of hydrogen-bond donors (Lipinski definition) is 1. The summed E-state index contributed by atoms with van der Waals surface area (Å²) in [5.41, 5.74) is 3.27. The van der Waals surface area contributed by atoms with Gasteiger partial charge in [-0.2, -0.15) is 0 Å². The van der Waals surface area contributed by atoms with Gasteiger partial charge in [0.15, 0.2) is 0 Å². The van der Waals surface area contributed by atoms with Crippen LogP contribution >= 0.6 is 11.3 Å². The van der Waals surface area contributed by atoms with E-state index in [1.165, 1.54) is 23.8 Å². The van der Waals surface area contributed by atoms with Gasteiger partial charge in [-0.1, -0.05) is 31.4 Å². The predicted octanol–water partition coefficient (Wildman–Crippen LogP) is 5.72. The number of nitrogens with zero attached hydrogens (tertiary/aromatic N) is 3. The third kappa shape index (κ3) is 3.26. The van der Waals surface area contributed by atoms with Crippen molar-refractivity contribution in [1.29, 1.82) is 0 Å². The van der Waals surface area contributed by atoms with Gasteiger partial charge in [-0.25, -0.2) is 4.98 Å². The lowest BCUT2D eigenvalue weighted by Crippen LogP contribution is -2.49. The molecule has 1 fully saturated rings. The second-order valence-corrected chi connectivity index (χ2v) is 9.43. The van der Waals surface area contributed by atoms with Crippen LogP contribution in [0.15, 0.2) is 30.3 Å². The van der Waals surface area contributed by atoms with E-state index < -0.39 is 6.17 Å². The van der Waals surface area contributed by atoms with Gasteiger partial charge in [0.2, 0.25) is 0 Å². The summed E-state index contributed by atoms with van der Waals surface area (Å²) in [5, 5.41) is 16.3. The number of aryl methyl sites for hydroxylation is 2. The second kappa shape index (κ2) is 7.60. The van der Waals surface area contributed by atoms with Crippen LogP contribution in [0.4, 0.5) is 11.4 Å². The van der Waals surface area contributed by atoms with E-state index >= 15 is 0 Å². The number of pyridine rings is 1. The molecular formula is C23H24N4O3S. The molecule has 1 aromatic carbocycles. The SMILES string of the molecule is Cc1cc(C)c2c3c(sc2n1)C(=O)N(C1CCCCC1)[C@H](c1ccccc1[N+](=O)[O-])N3. The lowest BCUT2D eigenvalue weighted by atomic mass is 9.91. The molecule has 3 heterocycles. The second-order valence-electron chi connectivity index (χ2n) is 8.43. The normalized spacial score (nSPS) is 19.4. The van der Waals surface area contributed by atoms with Gasteiger partial charge in [-0.05, 0) is 44.4 Å². The number of nitro groups is 1. The maximum absolute atomic E-state index is 13.8. The van der Waals surface area contributed by atoms with Gasteiger partial charge >= 0.3 is 0 Å². The number of para-hydroxylation sites is 1. The van der Waals surface area contributed by atoms with E-state index in [2.05, 4.69) is 10.3 Å². The first-order valence-corrected chi connectivity index (χ1v) is 11.5. The van der Waals surface area contributed by atoms with Crippen molar-refractivity contribution < 1.29 is 9.72 Å². The van der Waals surface area contributed by atoms with Crippen molar-refractivity contribution in [2.75, 3.05) is 5.32 Å². The summed E-state index contributed by atoms with van der Waals surface area (Å²) < 4.78 is 0. The third-order valence-electron chi connectivity index (χ3n) is 6.37. The molecule has 1 amide bonds. The minimum absolute atomic E-state index is 0.0299. The summed E-state index contributed by atoms with van der Waals surface area (Å²) in [5.74, 6) is -0.0520. The van der Waals surface area contributed by atoms with Crippen LogP contribution in [-0.4, -0.2) is 26.8 Å². The molecule has 0 bridgehead atoms. The average molecular weight is 437 g/mol. The van der Waals surface area contributed by atoms with Gasteiger partial charge < -0.3 is 10.2 Å². The van der Waals surface area contributed by atoms with E-state index in [4.69, 9.17) is 0 Å². The van der Waals surface area contributed by atoms with Crippen molar-refractivity contribution in [3.05, 3.63) is 62.1 Å². The van der Waals surface area contributed by atoms with Gasteiger partial charge in [-0.3, -0.25) is 14.9 Å². The van der Waals surface area contributed by atoms with Gasteiger partial charge in [-0.15, -0.1) is 11.3 Å². The Labute approximate surface area is 184 Å². The van der Waals surface area contributed by atoms with E-state index in [9.17, 15) is 14.9 Å². The van der Waals surface area contributed by atoms with E-state index in [0.717, 1.165) is 52.8 Å². The average Bonchev–Trinajstić information content (AvgIpc) is 3.13. The number of nitro benzene ring substituents is 1. The number of carbonyl (C=O) groups is 1. The summed E-state index contributed by atoms with van der Waals surface area (Å²) in [6, 6.07) is 8.80. The van der Waals surface area contributed by atoms with E-state index in [0.29, 0.717) is 10.4 Å². The molecule has 2 aliphatic rings. The number of nitrogens with one attached hydrogen (secondary N) is 1. The Hall–Kier alpha value is -3.00. The van der Waals surface area contributed by atoms with Crippen LogP contribution in [0.25, 0.3) is 10.2 Å². The van der Waals surface area contributed by atoms with Crippen molar-refractivity contribution in [3.63, 3.8) is 0 Å². The quantitative estimate of drug-likeness (QED) is 0.419. The summed E-state index contributed by atoms with van der Waals surface area (Å²) in [6.07, 6.45) is 4.55. The molecule has 8 heteroatoms. The van der Waals surface area contributed by atoms with Crippen molar-refractivity contribution in [3.8, 4) is 0 Å². The van der Waals surface area contributed by atoms with Gasteiger partial charge in [0.1, 0.15) is 15.9 Å². The molecular weight excluding hydrogens is 412 g/mol. The third-order valence-corrected chi connectivity index (χ3v) is 7.44. The lowest BCUT2D eigenvalue weighted by Gasteiger charge is -2.43. The van der Waals surface area contributed by atoms with Crippen LogP contribution in [0.3, 0.4) is 0 Å². The molecule has 7 nitrogen and oxygen atoms in total. The topological polar surface area (TPSA) is 88.4 Å². The van der Waals surface area contributed by atoms with E-state index in [1.807, 2.05) is 24.8 Å². The molecule has 0 radical (unpaired) electrons. The van der Waals surface area contributed by atoms with Crippen LogP contribution < -0.4 is 5.32 Å². The maximum atomic E-state index is 13.8. The Morgan fingerprint density at radius 3 is 2.68 bits per heavy atom. The van der Waals surface area contributed by atoms with Crippen LogP contribution in [0.2, 0.25) is 0 Å². The van der Waals surface area contributed by atoms with Gasteiger partial charge in [0, 0.05) is 23.2 Å². The first-order valence-electron chi connectivity index (χ1n) is 10.7. The number of carbonyl (C=O) groups excluding carboxylic acids is 1. The van der Waals surface area contributed by atoms with E-state index in [-0.39, 0.29) is 22.6 Å². The highest BCUT2D eigenvalue weighted by Gasteiger charge is 2.42. The highest BCUT2D eigenvalue weighted by Crippen LogP contribution is 2.46. The number of aromatic nitrogens is 1. The number of benzene rings is 1.